The van der Waals surface area contributed by atoms with Crippen molar-refractivity contribution < 1.29 is 4.52 Å². The zero-order valence-electron chi connectivity index (χ0n) is 18.0. The van der Waals surface area contributed by atoms with Crippen LogP contribution in [0.5, 0.6) is 0 Å². The Morgan fingerprint density at radius 2 is 1.82 bits per heavy atom. The SMILES string of the molecule is CCn1c(SCc2nc(-c3ccc(SC)cc3)no2)nc2cc(-c3ccccc3)sc2c1=O. The van der Waals surface area contributed by atoms with Crippen molar-refractivity contribution in [3.8, 4) is 21.8 Å². The fourth-order valence-corrected chi connectivity index (χ4v) is 5.78. The lowest BCUT2D eigenvalue weighted by atomic mass is 10.2. The first-order valence-electron chi connectivity index (χ1n) is 10.4. The highest BCUT2D eigenvalue weighted by molar-refractivity contribution is 7.98. The highest BCUT2D eigenvalue weighted by atomic mass is 32.2. The zero-order valence-corrected chi connectivity index (χ0v) is 20.5. The van der Waals surface area contributed by atoms with Gasteiger partial charge in [0.15, 0.2) is 5.16 Å². The van der Waals surface area contributed by atoms with Crippen LogP contribution in [0.1, 0.15) is 12.8 Å². The lowest BCUT2D eigenvalue weighted by Gasteiger charge is -2.08. The Morgan fingerprint density at radius 1 is 1.03 bits per heavy atom. The largest absolute Gasteiger partial charge is 0.338 e. The summed E-state index contributed by atoms with van der Waals surface area (Å²) in [6.07, 6.45) is 2.04. The van der Waals surface area contributed by atoms with Gasteiger partial charge < -0.3 is 4.52 Å². The van der Waals surface area contributed by atoms with Crippen molar-refractivity contribution in [2.45, 2.75) is 29.3 Å². The van der Waals surface area contributed by atoms with E-state index < -0.39 is 0 Å². The molecule has 166 valence electrons. The number of hydrogen-bond acceptors (Lipinski definition) is 8. The number of benzene rings is 2. The van der Waals surface area contributed by atoms with Crippen molar-refractivity contribution >= 4 is 45.1 Å². The molecule has 3 heterocycles. The molecule has 0 spiro atoms. The number of thioether (sulfide) groups is 2. The van der Waals surface area contributed by atoms with Crippen LogP contribution in [0.4, 0.5) is 0 Å². The Labute approximate surface area is 203 Å². The Bertz CT molecular complexity index is 1460. The van der Waals surface area contributed by atoms with Crippen molar-refractivity contribution in [2.75, 3.05) is 6.26 Å². The van der Waals surface area contributed by atoms with Crippen LogP contribution < -0.4 is 5.56 Å². The Kier molecular flexibility index (Phi) is 6.34. The molecule has 6 nitrogen and oxygen atoms in total. The molecule has 5 aromatic rings. The number of rotatable bonds is 7. The number of aromatic nitrogens is 4. The molecule has 33 heavy (non-hydrogen) atoms. The summed E-state index contributed by atoms with van der Waals surface area (Å²) >= 11 is 4.60. The van der Waals surface area contributed by atoms with Gasteiger partial charge in [-0.2, -0.15) is 4.98 Å². The Morgan fingerprint density at radius 3 is 2.55 bits per heavy atom. The minimum absolute atomic E-state index is 0.0164. The molecule has 0 unspecified atom stereocenters. The molecule has 0 aliphatic rings. The number of nitrogens with zero attached hydrogens (tertiary/aromatic N) is 4. The zero-order chi connectivity index (χ0) is 22.8. The molecule has 0 fully saturated rings. The van der Waals surface area contributed by atoms with Gasteiger partial charge in [-0.25, -0.2) is 4.98 Å². The van der Waals surface area contributed by atoms with Gasteiger partial charge in [0, 0.05) is 21.9 Å². The molecule has 0 bridgehead atoms. The van der Waals surface area contributed by atoms with E-state index in [9.17, 15) is 4.79 Å². The maximum Gasteiger partial charge on any atom is 0.272 e. The minimum atomic E-state index is -0.0164. The molecule has 0 saturated carbocycles. The molecule has 0 aliphatic heterocycles. The fraction of sp³-hybridized carbons (Fsp3) is 0.167. The maximum atomic E-state index is 13.1. The monoisotopic (exact) mass is 492 g/mol. The van der Waals surface area contributed by atoms with E-state index in [0.717, 1.165) is 21.5 Å². The smallest absolute Gasteiger partial charge is 0.272 e. The second-order valence-electron chi connectivity index (χ2n) is 7.16. The molecule has 0 amide bonds. The van der Waals surface area contributed by atoms with Crippen LogP contribution in [0.2, 0.25) is 0 Å². The van der Waals surface area contributed by atoms with Crippen LogP contribution in [-0.4, -0.2) is 25.9 Å². The predicted octanol–water partition coefficient (Wildman–Crippen LogP) is 6.21. The van der Waals surface area contributed by atoms with Gasteiger partial charge in [-0.15, -0.1) is 23.1 Å². The van der Waals surface area contributed by atoms with E-state index in [-0.39, 0.29) is 5.56 Å². The summed E-state index contributed by atoms with van der Waals surface area (Å²) in [5, 5.41) is 4.76. The number of fused-ring (bicyclic) bond motifs is 1. The second kappa shape index (κ2) is 9.54. The van der Waals surface area contributed by atoms with Crippen molar-refractivity contribution in [2.24, 2.45) is 0 Å². The lowest BCUT2D eigenvalue weighted by molar-refractivity contribution is 0.391. The van der Waals surface area contributed by atoms with Gasteiger partial charge in [0.2, 0.25) is 11.7 Å². The van der Waals surface area contributed by atoms with Crippen molar-refractivity contribution in [3.63, 3.8) is 0 Å². The van der Waals surface area contributed by atoms with E-state index in [1.165, 1.54) is 28.0 Å². The molecule has 0 aliphatic carbocycles. The van der Waals surface area contributed by atoms with E-state index in [4.69, 9.17) is 9.51 Å². The third-order valence-electron chi connectivity index (χ3n) is 5.11. The minimum Gasteiger partial charge on any atom is -0.338 e. The van der Waals surface area contributed by atoms with Crippen LogP contribution in [0, 0.1) is 0 Å². The highest BCUT2D eigenvalue weighted by Crippen LogP contribution is 2.32. The molecule has 5 rings (SSSR count). The quantitative estimate of drug-likeness (QED) is 0.197. The summed E-state index contributed by atoms with van der Waals surface area (Å²) in [7, 11) is 0. The van der Waals surface area contributed by atoms with E-state index >= 15 is 0 Å². The first-order valence-corrected chi connectivity index (χ1v) is 13.4. The summed E-state index contributed by atoms with van der Waals surface area (Å²) in [5.41, 5.74) is 2.69. The topological polar surface area (TPSA) is 73.8 Å². The average molecular weight is 493 g/mol. The van der Waals surface area contributed by atoms with Gasteiger partial charge in [-0.3, -0.25) is 9.36 Å². The summed E-state index contributed by atoms with van der Waals surface area (Å²) in [6.45, 7) is 2.49. The van der Waals surface area contributed by atoms with Crippen molar-refractivity contribution in [3.05, 3.63) is 76.9 Å². The number of thiophene rings is 1. The summed E-state index contributed by atoms with van der Waals surface area (Å²) in [5.74, 6) is 1.49. The highest BCUT2D eigenvalue weighted by Gasteiger charge is 2.16. The molecule has 0 radical (unpaired) electrons. The second-order valence-corrected chi connectivity index (χ2v) is 10.0. The maximum absolute atomic E-state index is 13.1. The van der Waals surface area contributed by atoms with Gasteiger partial charge >= 0.3 is 0 Å². The van der Waals surface area contributed by atoms with Gasteiger partial charge in [-0.05, 0) is 49.1 Å². The normalized spacial score (nSPS) is 11.3. The molecular weight excluding hydrogens is 472 g/mol. The summed E-state index contributed by atoms with van der Waals surface area (Å²) in [4.78, 5) is 24.7. The summed E-state index contributed by atoms with van der Waals surface area (Å²) < 4.78 is 7.83. The molecule has 2 aromatic carbocycles. The third kappa shape index (κ3) is 4.48. The fourth-order valence-electron chi connectivity index (χ4n) is 3.42. The lowest BCUT2D eigenvalue weighted by Crippen LogP contribution is -2.21. The van der Waals surface area contributed by atoms with Gasteiger partial charge in [0.05, 0.1) is 11.3 Å². The first kappa shape index (κ1) is 21.9. The van der Waals surface area contributed by atoms with Gasteiger partial charge in [0.1, 0.15) is 4.70 Å². The van der Waals surface area contributed by atoms with E-state index in [2.05, 4.69) is 10.1 Å². The molecule has 0 N–H and O–H groups in total. The average Bonchev–Trinajstić information content (AvgIpc) is 3.51. The van der Waals surface area contributed by atoms with Crippen molar-refractivity contribution in [1.82, 2.24) is 19.7 Å². The van der Waals surface area contributed by atoms with E-state index in [1.54, 1.807) is 16.3 Å². The van der Waals surface area contributed by atoms with Crippen LogP contribution >= 0.6 is 34.9 Å². The van der Waals surface area contributed by atoms with E-state index in [1.807, 2.05) is 73.8 Å². The van der Waals surface area contributed by atoms with E-state index in [0.29, 0.717) is 33.9 Å². The molecule has 9 heteroatoms. The Balaban J connectivity index is 1.40. The first-order chi connectivity index (χ1) is 16.2. The molecule has 0 saturated heterocycles. The molecule has 0 atom stereocenters. The third-order valence-corrected chi connectivity index (χ3v) is 7.98. The van der Waals surface area contributed by atoms with Gasteiger partial charge in [-0.1, -0.05) is 47.3 Å². The van der Waals surface area contributed by atoms with Crippen LogP contribution in [0.25, 0.3) is 32.0 Å². The van der Waals surface area contributed by atoms with Crippen LogP contribution in [0.15, 0.2) is 80.0 Å². The molecular formula is C24H20N4O2S3. The van der Waals surface area contributed by atoms with Crippen LogP contribution in [0.3, 0.4) is 0 Å². The number of hydrogen-bond donors (Lipinski definition) is 0. The predicted molar refractivity (Wildman–Crippen MR) is 136 cm³/mol. The van der Waals surface area contributed by atoms with Crippen molar-refractivity contribution in [1.29, 1.82) is 0 Å². The standard InChI is InChI=1S/C24H20N4O2S3/c1-3-28-23(29)21-18(13-19(33-21)15-7-5-4-6-8-15)25-24(28)32-14-20-26-22(27-30-20)16-9-11-17(31-2)12-10-16/h4-13H,3,14H2,1-2H3. The van der Waals surface area contributed by atoms with Crippen LogP contribution in [-0.2, 0) is 12.3 Å². The summed E-state index contributed by atoms with van der Waals surface area (Å²) in [6, 6.07) is 20.1. The Hall–Kier alpha value is -2.88. The van der Waals surface area contributed by atoms with Gasteiger partial charge in [0.25, 0.3) is 5.56 Å². The molecule has 3 aromatic heterocycles.